The molecule has 152 valence electrons. The van der Waals surface area contributed by atoms with E-state index in [1.165, 1.54) is 0 Å². The van der Waals surface area contributed by atoms with Crippen molar-refractivity contribution in [3.05, 3.63) is 60.4 Å². The van der Waals surface area contributed by atoms with Crippen molar-refractivity contribution < 1.29 is 19.0 Å². The van der Waals surface area contributed by atoms with E-state index in [9.17, 15) is 4.79 Å². The maximum absolute atomic E-state index is 12.8. The van der Waals surface area contributed by atoms with E-state index in [1.807, 2.05) is 30.3 Å². The minimum atomic E-state index is -0.274. The van der Waals surface area contributed by atoms with E-state index in [4.69, 9.17) is 14.2 Å². The molecule has 2 heterocycles. The van der Waals surface area contributed by atoms with Crippen LogP contribution >= 0.6 is 0 Å². The first-order valence-electron chi connectivity index (χ1n) is 9.15. The molecule has 8 heteroatoms. The van der Waals surface area contributed by atoms with Crippen LogP contribution in [0.5, 0.6) is 17.2 Å². The molecule has 0 saturated heterocycles. The van der Waals surface area contributed by atoms with Gasteiger partial charge in [-0.3, -0.25) is 4.79 Å². The molecular weight excluding hydrogens is 384 g/mol. The number of H-pyrrole nitrogens is 1. The van der Waals surface area contributed by atoms with Gasteiger partial charge in [-0.25, -0.2) is 9.97 Å². The number of carbonyl (C=O) groups excluding carboxylic acids is 1. The number of anilines is 1. The van der Waals surface area contributed by atoms with Crippen LogP contribution in [0.25, 0.3) is 22.4 Å². The number of para-hydroxylation sites is 1. The number of carbonyl (C=O) groups is 1. The fourth-order valence-corrected chi connectivity index (χ4v) is 3.15. The van der Waals surface area contributed by atoms with Gasteiger partial charge in [0.05, 0.1) is 38.8 Å². The van der Waals surface area contributed by atoms with Gasteiger partial charge in [0, 0.05) is 17.4 Å². The predicted octanol–water partition coefficient (Wildman–Crippen LogP) is 3.90. The van der Waals surface area contributed by atoms with Crippen LogP contribution in [0.4, 0.5) is 5.69 Å². The minimum absolute atomic E-state index is 0.274. The van der Waals surface area contributed by atoms with E-state index < -0.39 is 0 Å². The summed E-state index contributed by atoms with van der Waals surface area (Å²) in [5.74, 6) is 1.22. The third-order valence-corrected chi connectivity index (χ3v) is 4.62. The summed E-state index contributed by atoms with van der Waals surface area (Å²) in [5.41, 5.74) is 3.37. The average molecular weight is 404 g/mol. The Morgan fingerprint density at radius 3 is 2.33 bits per heavy atom. The number of amides is 1. The van der Waals surface area contributed by atoms with E-state index in [2.05, 4.69) is 20.3 Å². The molecule has 0 saturated carbocycles. The van der Waals surface area contributed by atoms with Gasteiger partial charge in [-0.2, -0.15) is 0 Å². The first kappa shape index (κ1) is 19.3. The second-order valence-electron chi connectivity index (χ2n) is 6.39. The molecule has 2 aromatic heterocycles. The number of methoxy groups -OCH3 is 3. The Bertz CT molecular complexity index is 1180. The zero-order valence-corrected chi connectivity index (χ0v) is 16.7. The van der Waals surface area contributed by atoms with E-state index in [1.54, 1.807) is 45.9 Å². The van der Waals surface area contributed by atoms with E-state index in [0.717, 1.165) is 5.56 Å². The van der Waals surface area contributed by atoms with Crippen LogP contribution in [0.1, 0.15) is 10.4 Å². The summed E-state index contributed by atoms with van der Waals surface area (Å²) in [6.45, 7) is 0. The van der Waals surface area contributed by atoms with Gasteiger partial charge in [-0.05, 0) is 24.3 Å². The fraction of sp³-hybridized carbons (Fsp3) is 0.136. The smallest absolute Gasteiger partial charge is 0.259 e. The largest absolute Gasteiger partial charge is 0.493 e. The van der Waals surface area contributed by atoms with Gasteiger partial charge in [0.15, 0.2) is 17.1 Å². The maximum atomic E-state index is 12.8. The zero-order valence-electron chi connectivity index (χ0n) is 16.7. The summed E-state index contributed by atoms with van der Waals surface area (Å²) in [6, 6.07) is 12.8. The number of hydrogen-bond donors (Lipinski definition) is 2. The normalized spacial score (nSPS) is 10.6. The number of nitrogens with zero attached hydrogens (tertiary/aromatic N) is 2. The van der Waals surface area contributed by atoms with Crippen molar-refractivity contribution in [2.45, 2.75) is 0 Å². The summed E-state index contributed by atoms with van der Waals surface area (Å²) >= 11 is 0. The van der Waals surface area contributed by atoms with Crippen molar-refractivity contribution in [2.24, 2.45) is 0 Å². The van der Waals surface area contributed by atoms with Gasteiger partial charge in [0.2, 0.25) is 5.75 Å². The van der Waals surface area contributed by atoms with Crippen LogP contribution in [0.2, 0.25) is 0 Å². The molecule has 0 spiro atoms. The molecule has 0 aliphatic rings. The third kappa shape index (κ3) is 3.50. The van der Waals surface area contributed by atoms with E-state index in [0.29, 0.717) is 45.4 Å². The minimum Gasteiger partial charge on any atom is -0.493 e. The Morgan fingerprint density at radius 1 is 1.00 bits per heavy atom. The van der Waals surface area contributed by atoms with Crippen LogP contribution in [-0.2, 0) is 0 Å². The number of aromatic amines is 1. The monoisotopic (exact) mass is 404 g/mol. The molecule has 4 aromatic rings. The van der Waals surface area contributed by atoms with Crippen molar-refractivity contribution in [1.29, 1.82) is 0 Å². The molecule has 0 aliphatic carbocycles. The third-order valence-electron chi connectivity index (χ3n) is 4.62. The Kier molecular flexibility index (Phi) is 5.21. The number of benzene rings is 2. The Hall–Kier alpha value is -4.07. The predicted molar refractivity (Wildman–Crippen MR) is 113 cm³/mol. The highest BCUT2D eigenvalue weighted by molar-refractivity contribution is 6.11. The van der Waals surface area contributed by atoms with Gasteiger partial charge in [-0.15, -0.1) is 0 Å². The molecule has 4 rings (SSSR count). The molecule has 1 amide bonds. The van der Waals surface area contributed by atoms with Crippen LogP contribution in [0, 0.1) is 0 Å². The standard InChI is InChI=1S/C22H20N4O4/c1-28-17-9-13(10-18(29-2)20(17)30-3)16-12-24-21-19(26-16)15(11-23-21)22(27)25-14-7-5-4-6-8-14/h4-12H,1-3H3,(H,23,24)(H,25,27). The highest BCUT2D eigenvalue weighted by Crippen LogP contribution is 2.40. The highest BCUT2D eigenvalue weighted by atomic mass is 16.5. The molecule has 2 N–H and O–H groups in total. The van der Waals surface area contributed by atoms with Crippen molar-refractivity contribution in [3.63, 3.8) is 0 Å². The zero-order chi connectivity index (χ0) is 21.1. The number of ether oxygens (including phenoxy) is 3. The van der Waals surface area contributed by atoms with E-state index in [-0.39, 0.29) is 5.91 Å². The van der Waals surface area contributed by atoms with Gasteiger partial charge in [0.1, 0.15) is 5.52 Å². The fourth-order valence-electron chi connectivity index (χ4n) is 3.15. The first-order chi connectivity index (χ1) is 14.6. The maximum Gasteiger partial charge on any atom is 0.259 e. The average Bonchev–Trinajstić information content (AvgIpc) is 3.22. The van der Waals surface area contributed by atoms with E-state index >= 15 is 0 Å². The molecule has 2 aromatic carbocycles. The second kappa shape index (κ2) is 8.12. The second-order valence-corrected chi connectivity index (χ2v) is 6.39. The number of rotatable bonds is 6. The SMILES string of the molecule is COc1cc(-c2cnc3[nH]cc(C(=O)Nc4ccccc4)c3n2)cc(OC)c1OC. The summed E-state index contributed by atoms with van der Waals surface area (Å²) in [7, 11) is 4.64. The molecule has 8 nitrogen and oxygen atoms in total. The number of fused-ring (bicyclic) bond motifs is 1. The van der Waals surface area contributed by atoms with Crippen LogP contribution in [-0.4, -0.2) is 42.2 Å². The van der Waals surface area contributed by atoms with Crippen LogP contribution in [0.15, 0.2) is 54.9 Å². The molecule has 0 fully saturated rings. The summed E-state index contributed by atoms with van der Waals surface area (Å²) < 4.78 is 16.2. The van der Waals surface area contributed by atoms with Crippen molar-refractivity contribution in [3.8, 4) is 28.5 Å². The highest BCUT2D eigenvalue weighted by Gasteiger charge is 2.18. The lowest BCUT2D eigenvalue weighted by Crippen LogP contribution is -2.11. The lowest BCUT2D eigenvalue weighted by atomic mass is 10.1. The van der Waals surface area contributed by atoms with Gasteiger partial charge < -0.3 is 24.5 Å². The number of hydrogen-bond acceptors (Lipinski definition) is 6. The summed E-state index contributed by atoms with van der Waals surface area (Å²) in [6.07, 6.45) is 3.22. The molecule has 30 heavy (non-hydrogen) atoms. The Morgan fingerprint density at radius 2 is 1.70 bits per heavy atom. The van der Waals surface area contributed by atoms with Crippen molar-refractivity contribution >= 4 is 22.8 Å². The summed E-state index contributed by atoms with van der Waals surface area (Å²) in [5, 5.41) is 2.86. The molecule has 0 atom stereocenters. The molecule has 0 radical (unpaired) electrons. The van der Waals surface area contributed by atoms with Crippen LogP contribution in [0.3, 0.4) is 0 Å². The molecule has 0 aliphatic heterocycles. The molecule has 0 unspecified atom stereocenters. The van der Waals surface area contributed by atoms with Crippen LogP contribution < -0.4 is 19.5 Å². The van der Waals surface area contributed by atoms with Gasteiger partial charge in [-0.1, -0.05) is 18.2 Å². The Labute approximate surface area is 172 Å². The van der Waals surface area contributed by atoms with Gasteiger partial charge >= 0.3 is 0 Å². The summed E-state index contributed by atoms with van der Waals surface area (Å²) in [4.78, 5) is 24.8. The number of aromatic nitrogens is 3. The van der Waals surface area contributed by atoms with Gasteiger partial charge in [0.25, 0.3) is 5.91 Å². The first-order valence-corrected chi connectivity index (χ1v) is 9.15. The van der Waals surface area contributed by atoms with Crippen molar-refractivity contribution in [2.75, 3.05) is 26.6 Å². The lowest BCUT2D eigenvalue weighted by Gasteiger charge is -2.14. The lowest BCUT2D eigenvalue weighted by molar-refractivity contribution is 0.102. The number of nitrogens with one attached hydrogen (secondary N) is 2. The molecule has 0 bridgehead atoms. The molecular formula is C22H20N4O4. The quantitative estimate of drug-likeness (QED) is 0.506. The van der Waals surface area contributed by atoms with Crippen molar-refractivity contribution in [1.82, 2.24) is 15.0 Å². The topological polar surface area (TPSA) is 98.4 Å². The Balaban J connectivity index is 1.75.